The van der Waals surface area contributed by atoms with Gasteiger partial charge in [0.25, 0.3) is 0 Å². The van der Waals surface area contributed by atoms with Crippen molar-refractivity contribution in [3.63, 3.8) is 0 Å². The van der Waals surface area contributed by atoms with Crippen molar-refractivity contribution in [2.75, 3.05) is 14.2 Å². The minimum absolute atomic E-state index is 0.0682. The standard InChI is InChI=1S/C10H11NO2.C9H9NO2.C8H10N2.C8H9NO2/c1-13-9(12)10(5-6-10)8-4-2-3-7-11-8;11-8(12)9(4-5-9)7-3-1-2-6-10-7;9-8(4-5-8)7-3-1-2-6-10-7;1-11-8(10)6-7-4-2-3-5-9-7/h2-4,7H,5-6H2,1H3;1-3,6H,4-5H2,(H,11,12);1-3,6H,4-5,9H2;2-5H,6H2,1H3. The third kappa shape index (κ3) is 8.79. The molecule has 0 spiro atoms. The molecule has 3 aliphatic rings. The minimum Gasteiger partial charge on any atom is -0.481 e. The molecule has 0 amide bonds. The molecule has 0 aliphatic heterocycles. The molecule has 3 saturated carbocycles. The Morgan fingerprint density at radius 1 is 0.652 bits per heavy atom. The highest BCUT2D eigenvalue weighted by Gasteiger charge is 2.54. The molecule has 0 unspecified atom stereocenters. The number of nitrogens with zero attached hydrogens (tertiary/aromatic N) is 4. The second kappa shape index (κ2) is 15.3. The van der Waals surface area contributed by atoms with Gasteiger partial charge in [0.05, 0.1) is 49.0 Å². The summed E-state index contributed by atoms with van der Waals surface area (Å²) in [6.45, 7) is 0. The van der Waals surface area contributed by atoms with E-state index in [4.69, 9.17) is 15.6 Å². The van der Waals surface area contributed by atoms with E-state index in [0.29, 0.717) is 5.69 Å². The molecule has 7 rings (SSSR count). The molecule has 11 heteroatoms. The Bertz CT molecular complexity index is 1560. The van der Waals surface area contributed by atoms with Gasteiger partial charge in [0.15, 0.2) is 0 Å². The van der Waals surface area contributed by atoms with Crippen molar-refractivity contribution >= 4 is 17.9 Å². The summed E-state index contributed by atoms with van der Waals surface area (Å²) >= 11 is 0. The maximum atomic E-state index is 11.4. The summed E-state index contributed by atoms with van der Waals surface area (Å²) in [6.07, 6.45) is 12.4. The highest BCUT2D eigenvalue weighted by Crippen LogP contribution is 2.48. The summed E-state index contributed by atoms with van der Waals surface area (Å²) in [5, 5.41) is 8.92. The molecular formula is C35H39N5O6. The third-order valence-corrected chi connectivity index (χ3v) is 8.04. The van der Waals surface area contributed by atoms with E-state index in [2.05, 4.69) is 24.7 Å². The Morgan fingerprint density at radius 3 is 1.46 bits per heavy atom. The zero-order valence-electron chi connectivity index (χ0n) is 26.0. The van der Waals surface area contributed by atoms with E-state index in [9.17, 15) is 14.4 Å². The molecule has 4 heterocycles. The van der Waals surface area contributed by atoms with Crippen LogP contribution >= 0.6 is 0 Å². The number of aliphatic carboxylic acids is 1. The molecular weight excluding hydrogens is 586 g/mol. The van der Waals surface area contributed by atoms with Gasteiger partial charge in [-0.05, 0) is 87.1 Å². The van der Waals surface area contributed by atoms with Crippen LogP contribution in [-0.4, -0.2) is 57.2 Å². The van der Waals surface area contributed by atoms with Gasteiger partial charge in [-0.1, -0.05) is 24.3 Å². The first kappa shape index (κ1) is 33.9. The average molecular weight is 626 g/mol. The van der Waals surface area contributed by atoms with E-state index in [1.54, 1.807) is 49.1 Å². The quantitative estimate of drug-likeness (QED) is 0.281. The number of carboxylic acids is 1. The summed E-state index contributed by atoms with van der Waals surface area (Å²) in [6, 6.07) is 22.3. The van der Waals surface area contributed by atoms with Gasteiger partial charge < -0.3 is 20.3 Å². The smallest absolute Gasteiger partial charge is 0.317 e. The predicted octanol–water partition coefficient (Wildman–Crippen LogP) is 4.31. The van der Waals surface area contributed by atoms with E-state index >= 15 is 0 Å². The van der Waals surface area contributed by atoms with Crippen molar-refractivity contribution in [3.05, 3.63) is 120 Å². The maximum Gasteiger partial charge on any atom is 0.317 e. The van der Waals surface area contributed by atoms with Gasteiger partial charge in [-0.3, -0.25) is 34.3 Å². The van der Waals surface area contributed by atoms with E-state index in [-0.39, 0.29) is 23.9 Å². The molecule has 46 heavy (non-hydrogen) atoms. The Labute approximate surface area is 268 Å². The fraction of sp³-hybridized carbons (Fsp3) is 0.343. The van der Waals surface area contributed by atoms with Crippen LogP contribution in [0.1, 0.15) is 61.3 Å². The number of hydrogen-bond donors (Lipinski definition) is 2. The van der Waals surface area contributed by atoms with Crippen LogP contribution in [0.5, 0.6) is 0 Å². The van der Waals surface area contributed by atoms with Crippen LogP contribution in [0.3, 0.4) is 0 Å². The van der Waals surface area contributed by atoms with Crippen molar-refractivity contribution in [1.82, 2.24) is 19.9 Å². The molecule has 4 aromatic heterocycles. The molecule has 0 atom stereocenters. The second-order valence-corrected chi connectivity index (χ2v) is 11.3. The zero-order valence-corrected chi connectivity index (χ0v) is 26.0. The van der Waals surface area contributed by atoms with Gasteiger partial charge in [-0.25, -0.2) is 0 Å². The first-order valence-electron chi connectivity index (χ1n) is 15.0. The van der Waals surface area contributed by atoms with Crippen molar-refractivity contribution in [2.45, 2.75) is 61.3 Å². The molecule has 4 aromatic rings. The minimum atomic E-state index is -0.749. The van der Waals surface area contributed by atoms with Crippen LogP contribution in [0.25, 0.3) is 0 Å². The lowest BCUT2D eigenvalue weighted by Crippen LogP contribution is -2.22. The normalized spacial score (nSPS) is 16.6. The van der Waals surface area contributed by atoms with E-state index in [0.717, 1.165) is 55.6 Å². The summed E-state index contributed by atoms with van der Waals surface area (Å²) in [4.78, 5) is 49.4. The molecule has 3 aliphatic carbocycles. The van der Waals surface area contributed by atoms with Crippen LogP contribution in [0.4, 0.5) is 0 Å². The van der Waals surface area contributed by atoms with Gasteiger partial charge in [-0.2, -0.15) is 0 Å². The average Bonchev–Trinajstić information content (AvgIpc) is 3.99. The van der Waals surface area contributed by atoms with Crippen LogP contribution in [0, 0.1) is 0 Å². The lowest BCUT2D eigenvalue weighted by atomic mass is 10.0. The fourth-order valence-corrected chi connectivity index (χ4v) is 4.65. The fourth-order valence-electron chi connectivity index (χ4n) is 4.65. The topological polar surface area (TPSA) is 167 Å². The Kier molecular flexibility index (Phi) is 11.3. The molecule has 0 saturated heterocycles. The van der Waals surface area contributed by atoms with E-state index in [1.807, 2.05) is 48.5 Å². The van der Waals surface area contributed by atoms with Gasteiger partial charge >= 0.3 is 17.9 Å². The van der Waals surface area contributed by atoms with E-state index in [1.165, 1.54) is 14.2 Å². The number of carboxylic acid groups (broad SMARTS) is 1. The molecule has 0 aromatic carbocycles. The monoisotopic (exact) mass is 625 g/mol. The number of esters is 2. The number of ether oxygens (including phenoxy) is 2. The summed E-state index contributed by atoms with van der Waals surface area (Å²) in [5.74, 6) is -1.17. The SMILES string of the molecule is COC(=O)C1(c2ccccn2)CC1.COC(=O)Cc1ccccn1.NC1(c2ccccn2)CC1.O=C(O)C1(c2ccccn2)CC1. The lowest BCUT2D eigenvalue weighted by Gasteiger charge is -2.10. The van der Waals surface area contributed by atoms with Gasteiger partial charge in [0, 0.05) is 24.8 Å². The third-order valence-electron chi connectivity index (χ3n) is 8.04. The number of hydrogen-bond acceptors (Lipinski definition) is 10. The number of carbonyl (C=O) groups excluding carboxylic acids is 2. The lowest BCUT2D eigenvalue weighted by molar-refractivity contribution is -0.144. The number of pyridine rings is 4. The molecule has 3 N–H and O–H groups in total. The number of aromatic nitrogens is 4. The van der Waals surface area contributed by atoms with Crippen LogP contribution in [0.2, 0.25) is 0 Å². The summed E-state index contributed by atoms with van der Waals surface area (Å²) < 4.78 is 9.23. The number of methoxy groups -OCH3 is 2. The van der Waals surface area contributed by atoms with Crippen molar-refractivity contribution in [2.24, 2.45) is 5.73 Å². The van der Waals surface area contributed by atoms with Crippen molar-refractivity contribution < 1.29 is 29.0 Å². The Morgan fingerprint density at radius 2 is 1.11 bits per heavy atom. The largest absolute Gasteiger partial charge is 0.481 e. The highest BCUT2D eigenvalue weighted by atomic mass is 16.5. The van der Waals surface area contributed by atoms with Gasteiger partial charge in [-0.15, -0.1) is 0 Å². The van der Waals surface area contributed by atoms with Crippen LogP contribution < -0.4 is 5.73 Å². The van der Waals surface area contributed by atoms with Crippen LogP contribution in [0.15, 0.2) is 97.6 Å². The van der Waals surface area contributed by atoms with Crippen LogP contribution in [-0.2, 0) is 46.6 Å². The maximum absolute atomic E-state index is 11.4. The van der Waals surface area contributed by atoms with Gasteiger partial charge in [0.2, 0.25) is 0 Å². The molecule has 11 nitrogen and oxygen atoms in total. The number of carbonyl (C=O) groups is 3. The summed E-state index contributed by atoms with van der Waals surface area (Å²) in [5.41, 5.74) is 8.06. The molecule has 240 valence electrons. The number of nitrogens with two attached hydrogens (primary N) is 1. The second-order valence-electron chi connectivity index (χ2n) is 11.3. The first-order valence-corrected chi connectivity index (χ1v) is 15.0. The van der Waals surface area contributed by atoms with Crippen molar-refractivity contribution in [3.8, 4) is 0 Å². The first-order chi connectivity index (χ1) is 22.2. The van der Waals surface area contributed by atoms with E-state index < -0.39 is 16.8 Å². The summed E-state index contributed by atoms with van der Waals surface area (Å²) in [7, 11) is 2.79. The molecule has 3 fully saturated rings. The van der Waals surface area contributed by atoms with Gasteiger partial charge in [0.1, 0.15) is 10.8 Å². The molecule has 0 bridgehead atoms. The highest BCUT2D eigenvalue weighted by molar-refractivity contribution is 5.86. The Balaban J connectivity index is 0.000000140. The predicted molar refractivity (Wildman–Crippen MR) is 169 cm³/mol. The number of rotatable bonds is 7. The zero-order chi connectivity index (χ0) is 33.0. The Hall–Kier alpha value is -5.03. The molecule has 0 radical (unpaired) electrons. The van der Waals surface area contributed by atoms with Crippen molar-refractivity contribution in [1.29, 1.82) is 0 Å².